The van der Waals surface area contributed by atoms with Crippen LogP contribution in [-0.4, -0.2) is 48.7 Å². The molecule has 0 N–H and O–H groups in total. The van der Waals surface area contributed by atoms with Crippen molar-refractivity contribution in [3.63, 3.8) is 0 Å². The molecule has 2 aromatic rings. The van der Waals surface area contributed by atoms with E-state index < -0.39 is 0 Å². The SMILES string of the molecule is N#CC(c1ccc2c(c1)OCO2)N1CCN(C(=O)Cc2ccc(Cl)cc2)CC1. The quantitative estimate of drug-likeness (QED) is 0.793. The van der Waals surface area contributed by atoms with Crippen LogP contribution >= 0.6 is 11.6 Å². The number of ether oxygens (including phenoxy) is 2. The molecule has 1 unspecified atom stereocenters. The second kappa shape index (κ2) is 8.09. The third kappa shape index (κ3) is 3.91. The second-order valence-electron chi connectivity index (χ2n) is 6.86. The van der Waals surface area contributed by atoms with Crippen molar-refractivity contribution < 1.29 is 14.3 Å². The maximum Gasteiger partial charge on any atom is 0.231 e. The first-order valence-electron chi connectivity index (χ1n) is 9.19. The number of hydrogen-bond acceptors (Lipinski definition) is 5. The van der Waals surface area contributed by atoms with Crippen LogP contribution in [0.5, 0.6) is 11.5 Å². The third-order valence-corrected chi connectivity index (χ3v) is 5.39. The van der Waals surface area contributed by atoms with Gasteiger partial charge in [-0.05, 0) is 35.4 Å². The second-order valence-corrected chi connectivity index (χ2v) is 7.30. The highest BCUT2D eigenvalue weighted by molar-refractivity contribution is 6.30. The minimum Gasteiger partial charge on any atom is -0.454 e. The Morgan fingerprint density at radius 1 is 1.07 bits per heavy atom. The molecule has 144 valence electrons. The Kier molecular flexibility index (Phi) is 5.38. The number of carbonyl (C=O) groups is 1. The maximum absolute atomic E-state index is 12.6. The molecule has 2 aliphatic rings. The lowest BCUT2D eigenvalue weighted by Crippen LogP contribution is -2.49. The fourth-order valence-electron chi connectivity index (χ4n) is 3.57. The van der Waals surface area contributed by atoms with E-state index in [0.717, 1.165) is 11.1 Å². The van der Waals surface area contributed by atoms with E-state index in [1.807, 2.05) is 35.2 Å². The molecule has 0 saturated carbocycles. The molecule has 2 aliphatic heterocycles. The van der Waals surface area contributed by atoms with Crippen molar-refractivity contribution in [2.24, 2.45) is 0 Å². The summed E-state index contributed by atoms with van der Waals surface area (Å²) < 4.78 is 10.8. The number of piperazine rings is 1. The molecule has 1 atom stereocenters. The van der Waals surface area contributed by atoms with Crippen LogP contribution in [0.3, 0.4) is 0 Å². The van der Waals surface area contributed by atoms with Crippen molar-refractivity contribution in [2.45, 2.75) is 12.5 Å². The smallest absolute Gasteiger partial charge is 0.231 e. The van der Waals surface area contributed by atoms with Gasteiger partial charge >= 0.3 is 0 Å². The Bertz CT molecular complexity index is 902. The zero-order chi connectivity index (χ0) is 19.5. The molecular formula is C21H20ClN3O3. The van der Waals surface area contributed by atoms with Crippen molar-refractivity contribution in [1.29, 1.82) is 5.26 Å². The predicted octanol–water partition coefficient (Wildman–Crippen LogP) is 3.02. The van der Waals surface area contributed by atoms with E-state index in [4.69, 9.17) is 21.1 Å². The Balaban J connectivity index is 1.36. The number of rotatable bonds is 4. The fraction of sp³-hybridized carbons (Fsp3) is 0.333. The summed E-state index contributed by atoms with van der Waals surface area (Å²) >= 11 is 5.90. The number of fused-ring (bicyclic) bond motifs is 1. The Morgan fingerprint density at radius 3 is 2.50 bits per heavy atom. The van der Waals surface area contributed by atoms with Crippen molar-refractivity contribution >= 4 is 17.5 Å². The van der Waals surface area contributed by atoms with Gasteiger partial charge in [0, 0.05) is 31.2 Å². The van der Waals surface area contributed by atoms with Crippen molar-refractivity contribution in [3.8, 4) is 17.6 Å². The molecule has 2 heterocycles. The molecular weight excluding hydrogens is 378 g/mol. The van der Waals surface area contributed by atoms with Gasteiger partial charge in [0.25, 0.3) is 0 Å². The number of halogens is 1. The summed E-state index contributed by atoms with van der Waals surface area (Å²) in [4.78, 5) is 16.5. The van der Waals surface area contributed by atoms with Gasteiger partial charge in [0.05, 0.1) is 12.5 Å². The number of nitrogens with zero attached hydrogens (tertiary/aromatic N) is 3. The van der Waals surface area contributed by atoms with E-state index in [2.05, 4.69) is 11.0 Å². The first-order chi connectivity index (χ1) is 13.6. The molecule has 0 aromatic heterocycles. The minimum atomic E-state index is -0.372. The molecule has 0 bridgehead atoms. The van der Waals surface area contributed by atoms with Gasteiger partial charge in [-0.2, -0.15) is 5.26 Å². The van der Waals surface area contributed by atoms with E-state index in [-0.39, 0.29) is 18.7 Å². The molecule has 6 nitrogen and oxygen atoms in total. The molecule has 0 spiro atoms. The number of hydrogen-bond donors (Lipinski definition) is 0. The van der Waals surface area contributed by atoms with Gasteiger partial charge in [0.1, 0.15) is 6.04 Å². The normalized spacial score (nSPS) is 17.2. The highest BCUT2D eigenvalue weighted by atomic mass is 35.5. The average molecular weight is 398 g/mol. The summed E-state index contributed by atoms with van der Waals surface area (Å²) in [6.45, 7) is 2.73. The van der Waals surface area contributed by atoms with Crippen LogP contribution in [0, 0.1) is 11.3 Å². The molecule has 1 amide bonds. The first kappa shape index (κ1) is 18.6. The summed E-state index contributed by atoms with van der Waals surface area (Å²) in [5.74, 6) is 1.48. The van der Waals surface area contributed by atoms with E-state index in [1.165, 1.54) is 0 Å². The first-order valence-corrected chi connectivity index (χ1v) is 9.57. The Hall–Kier alpha value is -2.75. The number of amides is 1. The zero-order valence-electron chi connectivity index (χ0n) is 15.3. The lowest BCUT2D eigenvalue weighted by Gasteiger charge is -2.37. The van der Waals surface area contributed by atoms with Gasteiger partial charge in [-0.3, -0.25) is 9.69 Å². The van der Waals surface area contributed by atoms with Gasteiger partial charge < -0.3 is 14.4 Å². The lowest BCUT2D eigenvalue weighted by molar-refractivity contribution is -0.132. The number of benzene rings is 2. The van der Waals surface area contributed by atoms with Crippen LogP contribution in [0.1, 0.15) is 17.2 Å². The largest absolute Gasteiger partial charge is 0.454 e. The Labute approximate surface area is 168 Å². The number of nitriles is 1. The van der Waals surface area contributed by atoms with Crippen LogP contribution in [0.15, 0.2) is 42.5 Å². The zero-order valence-corrected chi connectivity index (χ0v) is 16.1. The van der Waals surface area contributed by atoms with Crippen molar-refractivity contribution in [1.82, 2.24) is 9.80 Å². The van der Waals surface area contributed by atoms with Gasteiger partial charge in [0.2, 0.25) is 12.7 Å². The van der Waals surface area contributed by atoms with Gasteiger partial charge in [0.15, 0.2) is 11.5 Å². The maximum atomic E-state index is 12.6. The van der Waals surface area contributed by atoms with Gasteiger partial charge in [-0.1, -0.05) is 29.8 Å². The summed E-state index contributed by atoms with van der Waals surface area (Å²) in [6, 6.07) is 15.0. The van der Waals surface area contributed by atoms with E-state index in [9.17, 15) is 10.1 Å². The lowest BCUT2D eigenvalue weighted by atomic mass is 10.0. The average Bonchev–Trinajstić information content (AvgIpc) is 3.19. The molecule has 28 heavy (non-hydrogen) atoms. The topological polar surface area (TPSA) is 65.8 Å². The predicted molar refractivity (Wildman–Crippen MR) is 104 cm³/mol. The fourth-order valence-corrected chi connectivity index (χ4v) is 3.69. The van der Waals surface area contributed by atoms with Crippen LogP contribution in [-0.2, 0) is 11.2 Å². The summed E-state index contributed by atoms with van der Waals surface area (Å²) in [5, 5.41) is 10.4. The highest BCUT2D eigenvalue weighted by Crippen LogP contribution is 2.35. The van der Waals surface area contributed by atoms with Crippen molar-refractivity contribution in [3.05, 3.63) is 58.6 Å². The summed E-state index contributed by atoms with van der Waals surface area (Å²) in [6.07, 6.45) is 0.362. The van der Waals surface area contributed by atoms with Crippen molar-refractivity contribution in [2.75, 3.05) is 33.0 Å². The van der Waals surface area contributed by atoms with Crippen LogP contribution in [0.2, 0.25) is 5.02 Å². The molecule has 7 heteroatoms. The standard InChI is InChI=1S/C21H20ClN3O3/c22-17-4-1-15(2-5-17)11-21(26)25-9-7-24(8-10-25)18(13-23)16-3-6-19-20(12-16)28-14-27-19/h1-6,12,18H,7-11,14H2. The highest BCUT2D eigenvalue weighted by Gasteiger charge is 2.28. The molecule has 4 rings (SSSR count). The monoisotopic (exact) mass is 397 g/mol. The van der Waals surface area contributed by atoms with Crippen LogP contribution < -0.4 is 9.47 Å². The molecule has 2 aromatic carbocycles. The summed E-state index contributed by atoms with van der Waals surface area (Å²) in [5.41, 5.74) is 1.83. The minimum absolute atomic E-state index is 0.0959. The van der Waals surface area contributed by atoms with Crippen LogP contribution in [0.25, 0.3) is 0 Å². The molecule has 0 radical (unpaired) electrons. The van der Waals surface area contributed by atoms with E-state index in [1.54, 1.807) is 12.1 Å². The van der Waals surface area contributed by atoms with Gasteiger partial charge in [-0.15, -0.1) is 0 Å². The van der Waals surface area contributed by atoms with Crippen LogP contribution in [0.4, 0.5) is 0 Å². The molecule has 0 aliphatic carbocycles. The third-order valence-electron chi connectivity index (χ3n) is 5.14. The Morgan fingerprint density at radius 2 is 1.79 bits per heavy atom. The summed E-state index contributed by atoms with van der Waals surface area (Å²) in [7, 11) is 0. The molecule has 1 saturated heterocycles. The number of carbonyl (C=O) groups excluding carboxylic acids is 1. The molecule has 1 fully saturated rings. The van der Waals surface area contributed by atoms with Gasteiger partial charge in [-0.25, -0.2) is 0 Å². The van der Waals surface area contributed by atoms with E-state index in [0.29, 0.717) is 49.1 Å². The van der Waals surface area contributed by atoms with E-state index >= 15 is 0 Å².